The first-order valence-corrected chi connectivity index (χ1v) is 14.5. The Morgan fingerprint density at radius 2 is 1.80 bits per heavy atom. The van der Waals surface area contributed by atoms with Crippen LogP contribution in [0.2, 0.25) is 0 Å². The summed E-state index contributed by atoms with van der Waals surface area (Å²) in [5.74, 6) is 1.26. The summed E-state index contributed by atoms with van der Waals surface area (Å²) in [6, 6.07) is 3.84. The number of rotatable bonds is 10. The Kier molecular flexibility index (Phi) is 7.34. The van der Waals surface area contributed by atoms with E-state index in [-0.39, 0.29) is 24.2 Å². The van der Waals surface area contributed by atoms with Crippen LogP contribution in [0.3, 0.4) is 0 Å². The van der Waals surface area contributed by atoms with Crippen molar-refractivity contribution in [1.82, 2.24) is 43.8 Å². The van der Waals surface area contributed by atoms with Crippen molar-refractivity contribution in [2.45, 2.75) is 40.3 Å². The average molecular weight is 563 g/mol. The molecule has 13 nitrogen and oxygen atoms in total. The molecule has 5 heterocycles. The van der Waals surface area contributed by atoms with Crippen molar-refractivity contribution in [2.75, 3.05) is 17.6 Å². The van der Waals surface area contributed by atoms with Crippen molar-refractivity contribution in [3.63, 3.8) is 0 Å². The van der Waals surface area contributed by atoms with E-state index in [9.17, 15) is 13.2 Å². The summed E-state index contributed by atoms with van der Waals surface area (Å²) < 4.78 is 28.9. The van der Waals surface area contributed by atoms with Crippen LogP contribution < -0.4 is 10.6 Å². The van der Waals surface area contributed by atoms with Gasteiger partial charge in [-0.2, -0.15) is 14.3 Å². The zero-order valence-corrected chi connectivity index (χ0v) is 23.4. The largest absolute Gasteiger partial charge is 0.355 e. The molecule has 0 aliphatic carbocycles. The lowest BCUT2D eigenvalue weighted by Gasteiger charge is -2.10. The molecule has 0 saturated carbocycles. The van der Waals surface area contributed by atoms with Crippen LogP contribution in [0.1, 0.15) is 33.7 Å². The second kappa shape index (κ2) is 10.9. The predicted molar refractivity (Wildman–Crippen MR) is 151 cm³/mol. The van der Waals surface area contributed by atoms with Crippen molar-refractivity contribution < 1.29 is 13.2 Å². The molecule has 14 heteroatoms. The highest BCUT2D eigenvalue weighted by atomic mass is 32.2. The summed E-state index contributed by atoms with van der Waals surface area (Å²) in [5, 5.41) is 15.3. The van der Waals surface area contributed by atoms with E-state index in [4.69, 9.17) is 0 Å². The minimum absolute atomic E-state index is 0.0665. The van der Waals surface area contributed by atoms with Gasteiger partial charge in [-0.1, -0.05) is 0 Å². The minimum atomic E-state index is -3.50. The lowest BCUT2D eigenvalue weighted by atomic mass is 10.1. The van der Waals surface area contributed by atoms with E-state index < -0.39 is 10.0 Å². The van der Waals surface area contributed by atoms with Gasteiger partial charge in [-0.3, -0.25) is 9.48 Å². The highest BCUT2D eigenvalue weighted by molar-refractivity contribution is 7.89. The number of fused-ring (bicyclic) bond motifs is 1. The van der Waals surface area contributed by atoms with E-state index >= 15 is 0 Å². The molecule has 0 saturated heterocycles. The molecule has 208 valence electrons. The number of pyridine rings is 1. The van der Waals surface area contributed by atoms with Crippen LogP contribution in [0.25, 0.3) is 33.4 Å². The zero-order chi connectivity index (χ0) is 28.4. The number of anilines is 2. The smallest absolute Gasteiger partial charge is 0.253 e. The van der Waals surface area contributed by atoms with Gasteiger partial charge in [0.05, 0.1) is 35.4 Å². The van der Waals surface area contributed by atoms with E-state index in [2.05, 4.69) is 60.4 Å². The maximum absolute atomic E-state index is 12.1. The van der Waals surface area contributed by atoms with E-state index in [1.165, 1.54) is 12.4 Å². The second-order valence-corrected chi connectivity index (χ2v) is 11.5. The summed E-state index contributed by atoms with van der Waals surface area (Å²) in [7, 11) is -3.50. The molecule has 1 amide bonds. The molecule has 0 radical (unpaired) electrons. The monoisotopic (exact) mass is 562 g/mol. The third-order valence-corrected chi connectivity index (χ3v) is 7.78. The van der Waals surface area contributed by atoms with Crippen molar-refractivity contribution in [1.29, 1.82) is 0 Å². The maximum atomic E-state index is 12.1. The zero-order valence-electron chi connectivity index (χ0n) is 22.6. The fourth-order valence-electron chi connectivity index (χ4n) is 4.26. The number of hydrogen-bond acceptors (Lipinski definition) is 9. The van der Waals surface area contributed by atoms with Gasteiger partial charge in [-0.25, -0.2) is 23.4 Å². The predicted octanol–water partition coefficient (Wildman–Crippen LogP) is 3.21. The molecule has 0 atom stereocenters. The number of hydrogen-bond donors (Lipinski definition) is 2. The molecule has 0 bridgehead atoms. The molecule has 0 aliphatic rings. The molecular formula is C26H30N10O3S. The molecule has 40 heavy (non-hydrogen) atoms. The average Bonchev–Trinajstić information content (AvgIpc) is 3.68. The Bertz CT molecular complexity index is 1790. The van der Waals surface area contributed by atoms with Gasteiger partial charge in [0.25, 0.3) is 10.0 Å². The number of carbonyl (C=O) groups is 1. The van der Waals surface area contributed by atoms with E-state index in [1.807, 2.05) is 19.2 Å². The van der Waals surface area contributed by atoms with Crippen LogP contribution in [0.4, 0.5) is 11.6 Å². The minimum Gasteiger partial charge on any atom is -0.355 e. The highest BCUT2D eigenvalue weighted by Crippen LogP contribution is 2.33. The van der Waals surface area contributed by atoms with E-state index in [1.54, 1.807) is 36.3 Å². The standard InChI is InChI=1S/C26H30N10O3S/c1-5-27-25(37)16-34-13-18(10-30-34)21-15-35(17(3)4)22-9-24(29-12-20(21)22)32-23-7-8-28-26(33-23)19-11-31-36(14-19)40(38,39)6-2/h7-15,17H,5-6,16H2,1-4H3,(H,27,37)(H,28,29,32,33). The van der Waals surface area contributed by atoms with Gasteiger partial charge in [0, 0.05) is 60.0 Å². The number of aromatic nitrogens is 8. The van der Waals surface area contributed by atoms with Gasteiger partial charge >= 0.3 is 0 Å². The number of likely N-dealkylation sites (N-methyl/N-ethyl adjacent to an activating group) is 1. The summed E-state index contributed by atoms with van der Waals surface area (Å²) in [6.07, 6.45) is 11.9. The summed E-state index contributed by atoms with van der Waals surface area (Å²) >= 11 is 0. The van der Waals surface area contributed by atoms with Crippen LogP contribution in [-0.4, -0.2) is 65.1 Å². The van der Waals surface area contributed by atoms with Crippen LogP contribution in [-0.2, 0) is 21.4 Å². The summed E-state index contributed by atoms with van der Waals surface area (Å²) in [4.78, 5) is 25.4. The van der Waals surface area contributed by atoms with Crippen LogP contribution in [0.15, 0.2) is 55.5 Å². The first kappa shape index (κ1) is 27.0. The lowest BCUT2D eigenvalue weighted by molar-refractivity contribution is -0.121. The molecule has 0 fully saturated rings. The molecule has 0 spiro atoms. The Balaban J connectivity index is 1.43. The van der Waals surface area contributed by atoms with Crippen molar-refractivity contribution in [3.05, 3.63) is 55.5 Å². The van der Waals surface area contributed by atoms with Gasteiger partial charge < -0.3 is 15.2 Å². The van der Waals surface area contributed by atoms with Gasteiger partial charge in [0.2, 0.25) is 5.91 Å². The number of carbonyl (C=O) groups excluding carboxylic acids is 1. The van der Waals surface area contributed by atoms with Gasteiger partial charge in [-0.15, -0.1) is 0 Å². The Labute approximate surface area is 231 Å². The quantitative estimate of drug-likeness (QED) is 0.261. The van der Waals surface area contributed by atoms with Crippen LogP contribution >= 0.6 is 0 Å². The molecule has 5 rings (SSSR count). The highest BCUT2D eigenvalue weighted by Gasteiger charge is 2.17. The van der Waals surface area contributed by atoms with Crippen LogP contribution in [0, 0.1) is 0 Å². The van der Waals surface area contributed by atoms with E-state index in [0.29, 0.717) is 29.6 Å². The SMILES string of the molecule is CCNC(=O)Cn1cc(-c2cn(C(C)C)c3cc(Nc4ccnc(-c5cnn(S(=O)(=O)CC)c5)n4)ncc23)cn1. The third kappa shape index (κ3) is 5.43. The van der Waals surface area contributed by atoms with Gasteiger partial charge in [0.15, 0.2) is 5.82 Å². The maximum Gasteiger partial charge on any atom is 0.253 e. The Morgan fingerprint density at radius 3 is 2.55 bits per heavy atom. The summed E-state index contributed by atoms with van der Waals surface area (Å²) in [6.45, 7) is 8.36. The molecular weight excluding hydrogens is 532 g/mol. The normalized spacial score (nSPS) is 11.8. The Morgan fingerprint density at radius 1 is 1.00 bits per heavy atom. The first-order valence-electron chi connectivity index (χ1n) is 12.9. The van der Waals surface area contributed by atoms with Crippen molar-refractivity contribution in [3.8, 4) is 22.5 Å². The number of amides is 1. The number of nitrogens with one attached hydrogen (secondary N) is 2. The molecule has 0 aliphatic heterocycles. The molecule has 5 aromatic heterocycles. The first-order chi connectivity index (χ1) is 19.2. The molecule has 2 N–H and O–H groups in total. The topological polar surface area (TPSA) is 155 Å². The molecule has 0 aromatic carbocycles. The van der Waals surface area contributed by atoms with Crippen molar-refractivity contribution in [2.24, 2.45) is 0 Å². The van der Waals surface area contributed by atoms with Crippen LogP contribution in [0.5, 0.6) is 0 Å². The van der Waals surface area contributed by atoms with E-state index in [0.717, 1.165) is 26.1 Å². The van der Waals surface area contributed by atoms with Gasteiger partial charge in [-0.05, 0) is 33.8 Å². The van der Waals surface area contributed by atoms with Gasteiger partial charge in [0.1, 0.15) is 18.2 Å². The Hall–Kier alpha value is -4.59. The fourth-order valence-corrected chi connectivity index (χ4v) is 4.99. The lowest BCUT2D eigenvalue weighted by Crippen LogP contribution is -2.27. The second-order valence-electron chi connectivity index (χ2n) is 9.40. The third-order valence-electron chi connectivity index (χ3n) is 6.28. The number of nitrogens with zero attached hydrogens (tertiary/aromatic N) is 8. The fraction of sp³-hybridized carbons (Fsp3) is 0.308. The van der Waals surface area contributed by atoms with Crippen molar-refractivity contribution >= 4 is 38.5 Å². The molecule has 5 aromatic rings. The summed E-state index contributed by atoms with van der Waals surface area (Å²) in [5.41, 5.74) is 3.31. The molecule has 0 unspecified atom stereocenters.